The molecule has 0 spiro atoms. The van der Waals surface area contributed by atoms with Crippen molar-refractivity contribution in [3.8, 4) is 0 Å². The summed E-state index contributed by atoms with van der Waals surface area (Å²) in [4.78, 5) is 27.4. The number of carboxylic acids is 1. The van der Waals surface area contributed by atoms with Crippen molar-refractivity contribution in [1.29, 1.82) is 0 Å². The molecule has 1 saturated carbocycles. The van der Waals surface area contributed by atoms with Crippen LogP contribution in [0.2, 0.25) is 0 Å². The molecule has 5 nitrogen and oxygen atoms in total. The van der Waals surface area contributed by atoms with Crippen molar-refractivity contribution in [1.82, 2.24) is 4.98 Å². The van der Waals surface area contributed by atoms with E-state index in [0.29, 0.717) is 11.2 Å². The van der Waals surface area contributed by atoms with E-state index in [1.165, 1.54) is 6.07 Å². The predicted molar refractivity (Wildman–Crippen MR) is 74.8 cm³/mol. The van der Waals surface area contributed by atoms with Crippen molar-refractivity contribution in [3.63, 3.8) is 0 Å². The highest BCUT2D eigenvalue weighted by molar-refractivity contribution is 6.05. The van der Waals surface area contributed by atoms with Crippen LogP contribution in [-0.2, 0) is 4.79 Å². The Morgan fingerprint density at radius 3 is 2.70 bits per heavy atom. The van der Waals surface area contributed by atoms with E-state index in [2.05, 4.69) is 10.3 Å². The third kappa shape index (κ3) is 2.34. The first-order chi connectivity index (χ1) is 9.54. The molecular weight excluding hydrogens is 256 g/mol. The Balaban J connectivity index is 2.11. The minimum atomic E-state index is -1.02. The van der Waals surface area contributed by atoms with Gasteiger partial charge < -0.3 is 10.4 Å². The van der Waals surface area contributed by atoms with Gasteiger partial charge in [-0.05, 0) is 43.5 Å². The summed E-state index contributed by atoms with van der Waals surface area (Å²) in [6, 6.07) is 4.90. The number of pyridine rings is 1. The van der Waals surface area contributed by atoms with Crippen molar-refractivity contribution in [2.75, 3.05) is 5.32 Å². The number of carbonyl (C=O) groups excluding carboxylic acids is 1. The minimum Gasteiger partial charge on any atom is -0.478 e. The smallest absolute Gasteiger partial charge is 0.335 e. The van der Waals surface area contributed by atoms with Gasteiger partial charge in [-0.15, -0.1) is 0 Å². The number of nitrogens with zero attached hydrogens (tertiary/aromatic N) is 1. The molecule has 3 rings (SSSR count). The number of aromatic nitrogens is 1. The SMILES string of the molecule is Cc1cnc2c(NC(=O)C3CC3)cc(C(=O)O)cc2c1. The van der Waals surface area contributed by atoms with Crippen molar-refractivity contribution in [2.45, 2.75) is 19.8 Å². The fraction of sp³-hybridized carbons (Fsp3) is 0.267. The van der Waals surface area contributed by atoms with Crippen LogP contribution >= 0.6 is 0 Å². The maximum atomic E-state index is 11.9. The second-order valence-corrected chi connectivity index (χ2v) is 5.18. The van der Waals surface area contributed by atoms with Crippen LogP contribution in [0.4, 0.5) is 5.69 Å². The Morgan fingerprint density at radius 2 is 2.05 bits per heavy atom. The van der Waals surface area contributed by atoms with E-state index in [4.69, 9.17) is 5.11 Å². The summed E-state index contributed by atoms with van der Waals surface area (Å²) in [6.45, 7) is 1.89. The van der Waals surface area contributed by atoms with Gasteiger partial charge in [0, 0.05) is 17.5 Å². The van der Waals surface area contributed by atoms with E-state index in [1.807, 2.05) is 13.0 Å². The lowest BCUT2D eigenvalue weighted by Crippen LogP contribution is -2.14. The zero-order valence-corrected chi connectivity index (χ0v) is 11.0. The monoisotopic (exact) mass is 270 g/mol. The van der Waals surface area contributed by atoms with Crippen molar-refractivity contribution < 1.29 is 14.7 Å². The number of anilines is 1. The zero-order valence-electron chi connectivity index (χ0n) is 11.0. The average molecular weight is 270 g/mol. The number of aromatic carboxylic acids is 1. The highest BCUT2D eigenvalue weighted by atomic mass is 16.4. The summed E-state index contributed by atoms with van der Waals surface area (Å²) in [5.74, 6) is -1.02. The molecule has 5 heteroatoms. The molecule has 102 valence electrons. The third-order valence-corrected chi connectivity index (χ3v) is 3.37. The number of hydrogen-bond donors (Lipinski definition) is 2. The molecule has 0 radical (unpaired) electrons. The number of aryl methyl sites for hydroxylation is 1. The second kappa shape index (κ2) is 4.59. The fourth-order valence-corrected chi connectivity index (χ4v) is 2.16. The van der Waals surface area contributed by atoms with Crippen LogP contribution in [0.3, 0.4) is 0 Å². The number of carboxylic acid groups (broad SMARTS) is 1. The first kappa shape index (κ1) is 12.6. The summed E-state index contributed by atoms with van der Waals surface area (Å²) in [5, 5.41) is 12.7. The molecular formula is C15H14N2O3. The molecule has 2 N–H and O–H groups in total. The van der Waals surface area contributed by atoms with Gasteiger partial charge in [-0.2, -0.15) is 0 Å². The van der Waals surface area contributed by atoms with E-state index in [-0.39, 0.29) is 17.4 Å². The molecule has 1 aromatic carbocycles. The van der Waals surface area contributed by atoms with E-state index >= 15 is 0 Å². The van der Waals surface area contributed by atoms with Crippen LogP contribution in [0.1, 0.15) is 28.8 Å². The first-order valence-electron chi connectivity index (χ1n) is 6.49. The molecule has 1 heterocycles. The van der Waals surface area contributed by atoms with Gasteiger partial charge in [-0.25, -0.2) is 4.79 Å². The van der Waals surface area contributed by atoms with Gasteiger partial charge in [0.1, 0.15) is 0 Å². The lowest BCUT2D eigenvalue weighted by molar-refractivity contribution is -0.117. The summed E-state index contributed by atoms with van der Waals surface area (Å²) in [7, 11) is 0. The van der Waals surface area contributed by atoms with Crippen LogP contribution in [-0.4, -0.2) is 22.0 Å². The Bertz CT molecular complexity index is 720. The minimum absolute atomic E-state index is 0.0591. The van der Waals surface area contributed by atoms with Crippen LogP contribution in [0, 0.1) is 12.8 Å². The summed E-state index contributed by atoms with van der Waals surface area (Å²) < 4.78 is 0. The molecule has 0 saturated heterocycles. The second-order valence-electron chi connectivity index (χ2n) is 5.18. The van der Waals surface area contributed by atoms with Crippen molar-refractivity contribution in [2.24, 2.45) is 5.92 Å². The highest BCUT2D eigenvalue weighted by Gasteiger charge is 2.30. The van der Waals surface area contributed by atoms with Gasteiger partial charge in [0.05, 0.1) is 16.8 Å². The van der Waals surface area contributed by atoms with Crippen LogP contribution in [0.15, 0.2) is 24.4 Å². The maximum absolute atomic E-state index is 11.9. The zero-order chi connectivity index (χ0) is 14.3. The maximum Gasteiger partial charge on any atom is 0.335 e. The van der Waals surface area contributed by atoms with Crippen molar-refractivity contribution >= 4 is 28.5 Å². The number of fused-ring (bicyclic) bond motifs is 1. The van der Waals surface area contributed by atoms with Crippen LogP contribution < -0.4 is 5.32 Å². The molecule has 1 aromatic heterocycles. The fourth-order valence-electron chi connectivity index (χ4n) is 2.16. The number of nitrogens with one attached hydrogen (secondary N) is 1. The Labute approximate surface area is 115 Å². The number of carbonyl (C=O) groups is 2. The van der Waals surface area contributed by atoms with Crippen LogP contribution in [0.5, 0.6) is 0 Å². The third-order valence-electron chi connectivity index (χ3n) is 3.37. The number of amides is 1. The quantitative estimate of drug-likeness (QED) is 0.898. The van der Waals surface area contributed by atoms with E-state index in [1.54, 1.807) is 12.3 Å². The summed E-state index contributed by atoms with van der Waals surface area (Å²) in [5.41, 5.74) is 2.18. The topological polar surface area (TPSA) is 79.3 Å². The Kier molecular flexibility index (Phi) is 2.89. The molecule has 1 aliphatic carbocycles. The van der Waals surface area contributed by atoms with Gasteiger partial charge in [-0.1, -0.05) is 0 Å². The molecule has 1 aliphatic rings. The Hall–Kier alpha value is -2.43. The lowest BCUT2D eigenvalue weighted by atomic mass is 10.1. The number of rotatable bonds is 3. The molecule has 1 fully saturated rings. The molecule has 0 bridgehead atoms. The standard InChI is InChI=1S/C15H14N2O3/c1-8-4-10-5-11(15(19)20)6-12(13(10)16-7-8)17-14(18)9-2-3-9/h4-7,9H,2-3H2,1H3,(H,17,18)(H,19,20). The van der Waals surface area contributed by atoms with E-state index in [0.717, 1.165) is 23.8 Å². The highest BCUT2D eigenvalue weighted by Crippen LogP contribution is 2.32. The molecule has 20 heavy (non-hydrogen) atoms. The normalized spacial score (nSPS) is 14.2. The molecule has 2 aromatic rings. The van der Waals surface area contributed by atoms with Crippen LogP contribution in [0.25, 0.3) is 10.9 Å². The molecule has 0 aliphatic heterocycles. The molecule has 1 amide bonds. The van der Waals surface area contributed by atoms with Gasteiger partial charge in [0.2, 0.25) is 5.91 Å². The summed E-state index contributed by atoms with van der Waals surface area (Å²) >= 11 is 0. The van der Waals surface area contributed by atoms with E-state index < -0.39 is 5.97 Å². The first-order valence-corrected chi connectivity index (χ1v) is 6.49. The average Bonchev–Trinajstić information content (AvgIpc) is 3.21. The molecule has 0 atom stereocenters. The number of benzene rings is 1. The number of hydrogen-bond acceptors (Lipinski definition) is 3. The predicted octanol–water partition coefficient (Wildman–Crippen LogP) is 2.59. The Morgan fingerprint density at radius 1 is 1.30 bits per heavy atom. The van der Waals surface area contributed by atoms with Gasteiger partial charge in [-0.3, -0.25) is 9.78 Å². The lowest BCUT2D eigenvalue weighted by Gasteiger charge is -2.09. The summed E-state index contributed by atoms with van der Waals surface area (Å²) in [6.07, 6.45) is 3.50. The van der Waals surface area contributed by atoms with Crippen molar-refractivity contribution in [3.05, 3.63) is 35.5 Å². The van der Waals surface area contributed by atoms with Gasteiger partial charge >= 0.3 is 5.97 Å². The largest absolute Gasteiger partial charge is 0.478 e. The van der Waals surface area contributed by atoms with Gasteiger partial charge in [0.15, 0.2) is 0 Å². The molecule has 0 unspecified atom stereocenters. The van der Waals surface area contributed by atoms with Gasteiger partial charge in [0.25, 0.3) is 0 Å². The van der Waals surface area contributed by atoms with E-state index in [9.17, 15) is 9.59 Å².